The molecule has 0 bridgehead atoms. The van der Waals surface area contributed by atoms with Crippen LogP contribution in [0.3, 0.4) is 0 Å². The summed E-state index contributed by atoms with van der Waals surface area (Å²) in [6, 6.07) is 16.2. The van der Waals surface area contributed by atoms with E-state index in [1.54, 1.807) is 25.1 Å². The first kappa shape index (κ1) is 19.0. The molecular formula is C19H15ClN2O4S. The van der Waals surface area contributed by atoms with E-state index in [0.717, 1.165) is 9.79 Å². The highest BCUT2D eigenvalue weighted by molar-refractivity contribution is 7.99. The quantitative estimate of drug-likeness (QED) is 0.607. The summed E-state index contributed by atoms with van der Waals surface area (Å²) in [4.78, 5) is 25.8. The maximum Gasteiger partial charge on any atom is 0.377 e. The molecule has 27 heavy (non-hydrogen) atoms. The Balaban J connectivity index is 1.60. The van der Waals surface area contributed by atoms with Gasteiger partial charge >= 0.3 is 5.97 Å². The molecule has 0 unspecified atom stereocenters. The zero-order chi connectivity index (χ0) is 19.2. The third kappa shape index (κ3) is 5.35. The lowest BCUT2D eigenvalue weighted by molar-refractivity contribution is -0.119. The van der Waals surface area contributed by atoms with Crippen molar-refractivity contribution in [3.63, 3.8) is 0 Å². The van der Waals surface area contributed by atoms with Gasteiger partial charge < -0.3 is 14.6 Å². The van der Waals surface area contributed by atoms with Gasteiger partial charge in [-0.2, -0.15) is 0 Å². The van der Waals surface area contributed by atoms with Gasteiger partial charge in [-0.1, -0.05) is 40.7 Å². The van der Waals surface area contributed by atoms with E-state index < -0.39 is 18.5 Å². The molecule has 0 saturated carbocycles. The minimum absolute atomic E-state index is 0.0426. The minimum atomic E-state index is -0.741. The number of anilines is 1. The highest BCUT2D eigenvalue weighted by atomic mass is 35.5. The first-order valence-corrected chi connectivity index (χ1v) is 9.13. The van der Waals surface area contributed by atoms with Crippen molar-refractivity contribution in [1.82, 2.24) is 5.16 Å². The van der Waals surface area contributed by atoms with Crippen LogP contribution in [0.2, 0.25) is 5.02 Å². The summed E-state index contributed by atoms with van der Waals surface area (Å²) in [5.41, 5.74) is 1.17. The van der Waals surface area contributed by atoms with Crippen LogP contribution in [-0.2, 0) is 9.53 Å². The molecular weight excluding hydrogens is 388 g/mol. The van der Waals surface area contributed by atoms with Crippen molar-refractivity contribution >= 4 is 40.9 Å². The highest BCUT2D eigenvalue weighted by Gasteiger charge is 2.15. The van der Waals surface area contributed by atoms with Crippen molar-refractivity contribution in [3.8, 4) is 0 Å². The van der Waals surface area contributed by atoms with Gasteiger partial charge in [-0.05, 0) is 43.3 Å². The molecule has 1 aromatic heterocycles. The third-order valence-corrected chi connectivity index (χ3v) is 4.70. The van der Waals surface area contributed by atoms with Crippen molar-refractivity contribution in [3.05, 3.63) is 71.1 Å². The van der Waals surface area contributed by atoms with Crippen molar-refractivity contribution in [1.29, 1.82) is 0 Å². The maximum absolute atomic E-state index is 12.1. The molecule has 0 radical (unpaired) electrons. The van der Waals surface area contributed by atoms with E-state index in [1.807, 2.05) is 30.3 Å². The summed E-state index contributed by atoms with van der Waals surface area (Å²) in [5.74, 6) is -1.24. The van der Waals surface area contributed by atoms with Crippen molar-refractivity contribution < 1.29 is 18.8 Å². The Morgan fingerprint density at radius 3 is 2.63 bits per heavy atom. The fourth-order valence-electron chi connectivity index (χ4n) is 2.14. The van der Waals surface area contributed by atoms with Gasteiger partial charge in [0.25, 0.3) is 5.91 Å². The standard InChI is InChI=1S/C19H15ClN2O4S/c1-12-10-16(26-22-12)19(24)25-11-18(23)21-15-4-2-3-5-17(15)27-14-8-6-13(20)7-9-14/h2-10H,11H2,1H3,(H,21,23). The smallest absolute Gasteiger partial charge is 0.377 e. The number of benzene rings is 2. The average Bonchev–Trinajstić information content (AvgIpc) is 3.10. The summed E-state index contributed by atoms with van der Waals surface area (Å²) >= 11 is 7.39. The van der Waals surface area contributed by atoms with Crippen LogP contribution < -0.4 is 5.32 Å². The molecule has 0 fully saturated rings. The van der Waals surface area contributed by atoms with Crippen LogP contribution in [0.25, 0.3) is 0 Å². The number of carbonyl (C=O) groups excluding carboxylic acids is 2. The number of esters is 1. The Morgan fingerprint density at radius 2 is 1.93 bits per heavy atom. The van der Waals surface area contributed by atoms with E-state index in [1.165, 1.54) is 17.8 Å². The minimum Gasteiger partial charge on any atom is -0.450 e. The van der Waals surface area contributed by atoms with Crippen LogP contribution in [0.5, 0.6) is 0 Å². The summed E-state index contributed by atoms with van der Waals surface area (Å²) < 4.78 is 9.74. The largest absolute Gasteiger partial charge is 0.450 e. The number of halogens is 1. The molecule has 138 valence electrons. The van der Waals surface area contributed by atoms with Crippen molar-refractivity contribution in [2.24, 2.45) is 0 Å². The van der Waals surface area contributed by atoms with Gasteiger partial charge in [0.15, 0.2) is 6.61 Å². The van der Waals surface area contributed by atoms with E-state index >= 15 is 0 Å². The van der Waals surface area contributed by atoms with Crippen LogP contribution in [0.1, 0.15) is 16.2 Å². The normalized spacial score (nSPS) is 10.4. The van der Waals surface area contributed by atoms with Gasteiger partial charge in [-0.25, -0.2) is 4.79 Å². The second-order valence-corrected chi connectivity index (χ2v) is 7.06. The van der Waals surface area contributed by atoms with E-state index in [4.69, 9.17) is 20.9 Å². The fourth-order valence-corrected chi connectivity index (χ4v) is 3.16. The number of aromatic nitrogens is 1. The number of carbonyl (C=O) groups is 2. The lowest BCUT2D eigenvalue weighted by Crippen LogP contribution is -2.21. The first-order chi connectivity index (χ1) is 13.0. The molecule has 0 aliphatic carbocycles. The van der Waals surface area contributed by atoms with Gasteiger partial charge in [-0.15, -0.1) is 0 Å². The summed E-state index contributed by atoms with van der Waals surface area (Å²) in [6.45, 7) is 1.25. The topological polar surface area (TPSA) is 81.4 Å². The van der Waals surface area contributed by atoms with Crippen molar-refractivity contribution in [2.75, 3.05) is 11.9 Å². The molecule has 0 atom stereocenters. The van der Waals surface area contributed by atoms with Crippen molar-refractivity contribution in [2.45, 2.75) is 16.7 Å². The number of nitrogens with one attached hydrogen (secondary N) is 1. The van der Waals surface area contributed by atoms with Crippen LogP contribution in [-0.4, -0.2) is 23.6 Å². The number of para-hydroxylation sites is 1. The summed E-state index contributed by atoms with van der Waals surface area (Å²) in [6.07, 6.45) is 0. The summed E-state index contributed by atoms with van der Waals surface area (Å²) in [7, 11) is 0. The fraction of sp³-hybridized carbons (Fsp3) is 0.105. The molecule has 3 aromatic rings. The number of rotatable bonds is 6. The van der Waals surface area contributed by atoms with Gasteiger partial charge in [-0.3, -0.25) is 4.79 Å². The van der Waals surface area contributed by atoms with Gasteiger partial charge in [0.05, 0.1) is 11.4 Å². The SMILES string of the molecule is Cc1cc(C(=O)OCC(=O)Nc2ccccc2Sc2ccc(Cl)cc2)on1. The average molecular weight is 403 g/mol. The van der Waals surface area contributed by atoms with Gasteiger partial charge in [0.1, 0.15) is 0 Å². The van der Waals surface area contributed by atoms with Gasteiger partial charge in [0, 0.05) is 20.9 Å². The third-order valence-electron chi connectivity index (χ3n) is 3.37. The Morgan fingerprint density at radius 1 is 1.19 bits per heavy atom. The second-order valence-electron chi connectivity index (χ2n) is 5.51. The number of aryl methyl sites for hydroxylation is 1. The van der Waals surface area contributed by atoms with E-state index in [0.29, 0.717) is 16.4 Å². The molecule has 6 nitrogen and oxygen atoms in total. The number of hydrogen-bond acceptors (Lipinski definition) is 6. The molecule has 2 aromatic carbocycles. The Labute approximate surface area is 164 Å². The number of nitrogens with zero attached hydrogens (tertiary/aromatic N) is 1. The zero-order valence-corrected chi connectivity index (χ0v) is 15.8. The van der Waals surface area contributed by atoms with Gasteiger partial charge in [0.2, 0.25) is 5.76 Å². The predicted molar refractivity (Wildman–Crippen MR) is 102 cm³/mol. The molecule has 0 aliphatic heterocycles. The van der Waals surface area contributed by atoms with E-state index in [2.05, 4.69) is 10.5 Å². The van der Waals surface area contributed by atoms with Crippen LogP contribution >= 0.6 is 23.4 Å². The Kier molecular flexibility index (Phi) is 6.16. The lowest BCUT2D eigenvalue weighted by atomic mass is 10.3. The Bertz CT molecular complexity index is 956. The second kappa shape index (κ2) is 8.75. The molecule has 0 aliphatic rings. The summed E-state index contributed by atoms with van der Waals surface area (Å²) in [5, 5.41) is 7.00. The van der Waals surface area contributed by atoms with E-state index in [-0.39, 0.29) is 5.76 Å². The predicted octanol–water partition coefficient (Wildman–Crippen LogP) is 4.58. The maximum atomic E-state index is 12.1. The van der Waals surface area contributed by atoms with Crippen LogP contribution in [0.4, 0.5) is 5.69 Å². The molecule has 1 heterocycles. The monoisotopic (exact) mass is 402 g/mol. The number of ether oxygens (including phenoxy) is 1. The Hall–Kier alpha value is -2.77. The first-order valence-electron chi connectivity index (χ1n) is 7.94. The highest BCUT2D eigenvalue weighted by Crippen LogP contribution is 2.33. The number of hydrogen-bond donors (Lipinski definition) is 1. The van der Waals surface area contributed by atoms with Crippen LogP contribution in [0.15, 0.2) is 68.9 Å². The molecule has 0 saturated heterocycles. The lowest BCUT2D eigenvalue weighted by Gasteiger charge is -2.11. The molecule has 0 spiro atoms. The molecule has 1 N–H and O–H groups in total. The molecule has 3 rings (SSSR count). The van der Waals surface area contributed by atoms with Crippen LogP contribution in [0, 0.1) is 6.92 Å². The molecule has 1 amide bonds. The zero-order valence-electron chi connectivity index (χ0n) is 14.3. The number of amides is 1. The van der Waals surface area contributed by atoms with E-state index in [9.17, 15) is 9.59 Å². The molecule has 8 heteroatoms.